The summed E-state index contributed by atoms with van der Waals surface area (Å²) in [6.45, 7) is 0. The van der Waals surface area contributed by atoms with Crippen molar-refractivity contribution in [3.63, 3.8) is 0 Å². The Hall–Kier alpha value is -2.21. The predicted octanol–water partition coefficient (Wildman–Crippen LogP) is 4.07. The van der Waals surface area contributed by atoms with Crippen molar-refractivity contribution in [2.24, 2.45) is 0 Å². The third-order valence-electron chi connectivity index (χ3n) is 4.72. The molecule has 1 saturated carbocycles. The lowest BCUT2D eigenvalue weighted by Gasteiger charge is -2.07. The Morgan fingerprint density at radius 1 is 1.08 bits per heavy atom. The number of pyridine rings is 1. The summed E-state index contributed by atoms with van der Waals surface area (Å²) in [6, 6.07) is 8.41. The van der Waals surface area contributed by atoms with Crippen LogP contribution in [0.4, 0.5) is 4.39 Å². The van der Waals surface area contributed by atoms with Crippen molar-refractivity contribution in [3.05, 3.63) is 60.2 Å². The van der Waals surface area contributed by atoms with E-state index in [2.05, 4.69) is 4.98 Å². The minimum absolute atomic E-state index is 0.0719. The fourth-order valence-electron chi connectivity index (χ4n) is 3.51. The smallest absolute Gasteiger partial charge is 0.254 e. The van der Waals surface area contributed by atoms with Gasteiger partial charge in [-0.05, 0) is 55.2 Å². The van der Waals surface area contributed by atoms with Gasteiger partial charge in [0.05, 0.1) is 15.9 Å². The van der Waals surface area contributed by atoms with Crippen LogP contribution in [0.3, 0.4) is 0 Å². The standard InChI is InChI=1S/C18H17FN2O2S/c19-14-7-9-15(10-8-14)24(22,23)21-12-16(13-4-1-2-5-13)18-17(21)6-3-11-20-18/h3,6-13H,1-2,4-5H2. The molecule has 0 spiro atoms. The van der Waals surface area contributed by atoms with Crippen LogP contribution in [0.2, 0.25) is 0 Å². The lowest BCUT2D eigenvalue weighted by molar-refractivity contribution is 0.587. The van der Waals surface area contributed by atoms with E-state index in [0.717, 1.165) is 48.9 Å². The number of benzene rings is 1. The molecule has 0 atom stereocenters. The molecule has 0 radical (unpaired) electrons. The number of rotatable bonds is 3. The first-order chi connectivity index (χ1) is 11.6. The third-order valence-corrected chi connectivity index (χ3v) is 6.41. The minimum Gasteiger partial charge on any atom is -0.254 e. The molecular weight excluding hydrogens is 327 g/mol. The zero-order valence-corrected chi connectivity index (χ0v) is 13.8. The molecular formula is C18H17FN2O2S. The molecule has 6 heteroatoms. The molecule has 1 aliphatic carbocycles. The van der Waals surface area contributed by atoms with Gasteiger partial charge in [-0.25, -0.2) is 16.8 Å². The molecule has 1 fully saturated rings. The summed E-state index contributed by atoms with van der Waals surface area (Å²) in [4.78, 5) is 4.49. The summed E-state index contributed by atoms with van der Waals surface area (Å²) >= 11 is 0. The molecule has 0 unspecified atom stereocenters. The SMILES string of the molecule is O=S(=O)(c1ccc(F)cc1)n1cc(C2CCCC2)c2ncccc21. The maximum absolute atomic E-state index is 13.1. The first-order valence-electron chi connectivity index (χ1n) is 8.04. The Morgan fingerprint density at radius 2 is 1.79 bits per heavy atom. The average molecular weight is 344 g/mol. The lowest BCUT2D eigenvalue weighted by atomic mass is 10.00. The quantitative estimate of drug-likeness (QED) is 0.720. The van der Waals surface area contributed by atoms with E-state index in [0.29, 0.717) is 11.4 Å². The van der Waals surface area contributed by atoms with Gasteiger partial charge in [0.2, 0.25) is 0 Å². The van der Waals surface area contributed by atoms with E-state index in [4.69, 9.17) is 0 Å². The maximum atomic E-state index is 13.1. The molecule has 124 valence electrons. The van der Waals surface area contributed by atoms with Crippen LogP contribution in [-0.4, -0.2) is 17.4 Å². The number of halogens is 1. The van der Waals surface area contributed by atoms with Gasteiger partial charge in [0.1, 0.15) is 5.82 Å². The zero-order valence-electron chi connectivity index (χ0n) is 13.0. The van der Waals surface area contributed by atoms with E-state index < -0.39 is 15.8 Å². The summed E-state index contributed by atoms with van der Waals surface area (Å²) in [5, 5.41) is 0. The van der Waals surface area contributed by atoms with E-state index in [1.165, 1.54) is 16.1 Å². The van der Waals surface area contributed by atoms with Gasteiger partial charge < -0.3 is 0 Å². The van der Waals surface area contributed by atoms with Crippen LogP contribution in [0, 0.1) is 5.82 Å². The van der Waals surface area contributed by atoms with Crippen molar-refractivity contribution in [2.75, 3.05) is 0 Å². The molecule has 3 aromatic rings. The van der Waals surface area contributed by atoms with Crippen molar-refractivity contribution >= 4 is 21.1 Å². The maximum Gasteiger partial charge on any atom is 0.268 e. The van der Waals surface area contributed by atoms with Crippen molar-refractivity contribution in [2.45, 2.75) is 36.5 Å². The second-order valence-corrected chi connectivity index (χ2v) is 8.01. The molecule has 0 aliphatic heterocycles. The van der Waals surface area contributed by atoms with E-state index in [9.17, 15) is 12.8 Å². The summed E-state index contributed by atoms with van der Waals surface area (Å²) in [7, 11) is -3.78. The summed E-state index contributed by atoms with van der Waals surface area (Å²) in [6.07, 6.45) is 7.84. The van der Waals surface area contributed by atoms with Gasteiger partial charge in [-0.1, -0.05) is 12.8 Å². The molecule has 0 bridgehead atoms. The average Bonchev–Trinajstić information content (AvgIpc) is 3.23. The van der Waals surface area contributed by atoms with Gasteiger partial charge in [0.15, 0.2) is 0 Å². The molecule has 0 amide bonds. The lowest BCUT2D eigenvalue weighted by Crippen LogP contribution is -2.12. The fraction of sp³-hybridized carbons (Fsp3) is 0.278. The highest BCUT2D eigenvalue weighted by Crippen LogP contribution is 2.38. The second-order valence-electron chi connectivity index (χ2n) is 6.19. The summed E-state index contributed by atoms with van der Waals surface area (Å²) < 4.78 is 40.4. The Balaban J connectivity index is 1.91. The van der Waals surface area contributed by atoms with Crippen molar-refractivity contribution in [1.82, 2.24) is 8.96 Å². The number of hydrogen-bond acceptors (Lipinski definition) is 3. The van der Waals surface area contributed by atoms with E-state index >= 15 is 0 Å². The Labute approximate surface area is 140 Å². The first-order valence-corrected chi connectivity index (χ1v) is 9.48. The minimum atomic E-state index is -3.78. The summed E-state index contributed by atoms with van der Waals surface area (Å²) in [5.41, 5.74) is 2.31. The fourth-order valence-corrected chi connectivity index (χ4v) is 4.87. The van der Waals surface area contributed by atoms with Crippen LogP contribution in [0.25, 0.3) is 11.0 Å². The molecule has 1 aromatic carbocycles. The van der Waals surface area contributed by atoms with Gasteiger partial charge in [0.25, 0.3) is 10.0 Å². The van der Waals surface area contributed by atoms with E-state index in [1.807, 2.05) is 0 Å². The van der Waals surface area contributed by atoms with Crippen molar-refractivity contribution in [3.8, 4) is 0 Å². The highest BCUT2D eigenvalue weighted by Gasteiger charge is 2.26. The van der Waals surface area contributed by atoms with Gasteiger partial charge in [-0.3, -0.25) is 4.98 Å². The molecule has 2 heterocycles. The Bertz CT molecular complexity index is 988. The van der Waals surface area contributed by atoms with E-state index in [-0.39, 0.29) is 4.90 Å². The highest BCUT2D eigenvalue weighted by atomic mass is 32.2. The molecule has 4 rings (SSSR count). The normalized spacial score (nSPS) is 16.0. The topological polar surface area (TPSA) is 52.0 Å². The van der Waals surface area contributed by atoms with Gasteiger partial charge in [-0.2, -0.15) is 0 Å². The molecule has 24 heavy (non-hydrogen) atoms. The third kappa shape index (κ3) is 2.41. The second kappa shape index (κ2) is 5.70. The van der Waals surface area contributed by atoms with Gasteiger partial charge >= 0.3 is 0 Å². The number of aromatic nitrogens is 2. The molecule has 0 saturated heterocycles. The number of hydrogen-bond donors (Lipinski definition) is 0. The highest BCUT2D eigenvalue weighted by molar-refractivity contribution is 7.90. The Morgan fingerprint density at radius 3 is 2.50 bits per heavy atom. The van der Waals surface area contributed by atoms with Crippen LogP contribution in [0.1, 0.15) is 37.2 Å². The largest absolute Gasteiger partial charge is 0.268 e. The molecule has 4 nitrogen and oxygen atoms in total. The number of fused-ring (bicyclic) bond motifs is 1. The van der Waals surface area contributed by atoms with Crippen molar-refractivity contribution in [1.29, 1.82) is 0 Å². The molecule has 2 aromatic heterocycles. The van der Waals surface area contributed by atoms with Crippen LogP contribution in [0.5, 0.6) is 0 Å². The van der Waals surface area contributed by atoms with E-state index in [1.54, 1.807) is 24.5 Å². The number of nitrogens with zero attached hydrogens (tertiary/aromatic N) is 2. The summed E-state index contributed by atoms with van der Waals surface area (Å²) in [5.74, 6) is -0.105. The Kier molecular flexibility index (Phi) is 3.64. The zero-order chi connectivity index (χ0) is 16.7. The molecule has 0 N–H and O–H groups in total. The van der Waals surface area contributed by atoms with Crippen LogP contribution < -0.4 is 0 Å². The van der Waals surface area contributed by atoms with Crippen molar-refractivity contribution < 1.29 is 12.8 Å². The predicted molar refractivity (Wildman–Crippen MR) is 89.9 cm³/mol. The molecule has 1 aliphatic rings. The van der Waals surface area contributed by atoms with Crippen LogP contribution in [-0.2, 0) is 10.0 Å². The van der Waals surface area contributed by atoms with Crippen LogP contribution in [0.15, 0.2) is 53.7 Å². The van der Waals surface area contributed by atoms with Crippen LogP contribution >= 0.6 is 0 Å². The monoisotopic (exact) mass is 344 g/mol. The first kappa shape index (κ1) is 15.3. The van der Waals surface area contributed by atoms with Gasteiger partial charge in [0, 0.05) is 18.0 Å². The van der Waals surface area contributed by atoms with Gasteiger partial charge in [-0.15, -0.1) is 0 Å².